The van der Waals surface area contributed by atoms with Gasteiger partial charge in [-0.05, 0) is 42.5 Å². The maximum atomic E-state index is 14.1. The number of aromatic nitrogens is 2. The third kappa shape index (κ3) is 3.61. The third-order valence-electron chi connectivity index (χ3n) is 4.85. The maximum absolute atomic E-state index is 14.1. The molecule has 3 rings (SSSR count). The van der Waals surface area contributed by atoms with Gasteiger partial charge in [-0.2, -0.15) is 18.3 Å². The predicted molar refractivity (Wildman–Crippen MR) is 90.3 cm³/mol. The molecule has 1 aliphatic carbocycles. The molecule has 8 heteroatoms. The Hall–Kier alpha value is -2.64. The molecule has 0 N–H and O–H groups in total. The van der Waals surface area contributed by atoms with Crippen molar-refractivity contribution in [2.24, 2.45) is 0 Å². The Morgan fingerprint density at radius 1 is 1.37 bits per heavy atom. The fourth-order valence-electron chi connectivity index (χ4n) is 3.56. The van der Waals surface area contributed by atoms with Gasteiger partial charge in [0.05, 0.1) is 13.3 Å². The lowest BCUT2D eigenvalue weighted by molar-refractivity contribution is -0.145. The zero-order valence-electron chi connectivity index (χ0n) is 14.8. The molecule has 4 nitrogen and oxygen atoms in total. The van der Waals surface area contributed by atoms with Crippen LogP contribution in [0, 0.1) is 12.7 Å². The molecule has 0 fully saturated rings. The van der Waals surface area contributed by atoms with Gasteiger partial charge in [0, 0.05) is 11.8 Å². The van der Waals surface area contributed by atoms with E-state index in [1.165, 1.54) is 31.6 Å². The summed E-state index contributed by atoms with van der Waals surface area (Å²) in [5, 5.41) is 3.74. The topological polar surface area (TPSA) is 44.1 Å². The first-order valence-corrected chi connectivity index (χ1v) is 8.31. The molecule has 0 radical (unpaired) electrons. The van der Waals surface area contributed by atoms with Gasteiger partial charge in [0.2, 0.25) is 0 Å². The van der Waals surface area contributed by atoms with E-state index in [9.17, 15) is 22.4 Å². The summed E-state index contributed by atoms with van der Waals surface area (Å²) in [6.45, 7) is 0.397. The number of allylic oxidation sites excluding steroid dienone is 1. The highest BCUT2D eigenvalue weighted by atomic mass is 19.4. The Morgan fingerprint density at radius 3 is 2.78 bits per heavy atom. The van der Waals surface area contributed by atoms with Crippen LogP contribution in [0.15, 0.2) is 36.7 Å². The molecule has 0 spiro atoms. The monoisotopic (exact) mass is 382 g/mol. The van der Waals surface area contributed by atoms with E-state index in [1.54, 1.807) is 19.1 Å². The van der Waals surface area contributed by atoms with Gasteiger partial charge in [0.15, 0.2) is 0 Å². The molecule has 0 aliphatic heterocycles. The van der Waals surface area contributed by atoms with Crippen LogP contribution in [-0.2, 0) is 21.5 Å². The predicted octanol–water partition coefficient (Wildman–Crippen LogP) is 4.18. The fourth-order valence-corrected chi connectivity index (χ4v) is 3.56. The van der Waals surface area contributed by atoms with Crippen molar-refractivity contribution in [3.63, 3.8) is 0 Å². The number of benzene rings is 1. The van der Waals surface area contributed by atoms with Crippen LogP contribution in [0.25, 0.3) is 5.57 Å². The molecule has 144 valence electrons. The highest BCUT2D eigenvalue weighted by Crippen LogP contribution is 2.45. The maximum Gasteiger partial charge on any atom is 0.408 e. The van der Waals surface area contributed by atoms with E-state index in [0.29, 0.717) is 35.1 Å². The summed E-state index contributed by atoms with van der Waals surface area (Å²) < 4.78 is 57.4. The Labute approximate surface area is 153 Å². The summed E-state index contributed by atoms with van der Waals surface area (Å²) in [5.41, 5.74) is 0.833. The zero-order valence-corrected chi connectivity index (χ0v) is 14.8. The van der Waals surface area contributed by atoms with Crippen LogP contribution >= 0.6 is 0 Å². The van der Waals surface area contributed by atoms with Gasteiger partial charge in [0.25, 0.3) is 0 Å². The molecular formula is C19H18F4N2O2. The number of ether oxygens (including phenoxy) is 1. The summed E-state index contributed by atoms with van der Waals surface area (Å²) in [5.74, 6) is -0.968. The molecule has 0 saturated heterocycles. The molecule has 0 amide bonds. The molecule has 2 aromatic rings. The number of alkyl halides is 3. The van der Waals surface area contributed by atoms with Crippen molar-refractivity contribution in [2.45, 2.75) is 37.9 Å². The Kier molecular flexibility index (Phi) is 4.84. The summed E-state index contributed by atoms with van der Waals surface area (Å²) in [6.07, 6.45) is 0.693. The molecule has 0 saturated carbocycles. The lowest BCUT2D eigenvalue weighted by atomic mass is 9.78. The lowest BCUT2D eigenvalue weighted by Crippen LogP contribution is -2.34. The fraction of sp³-hybridized carbons (Fsp3) is 0.368. The molecule has 1 aromatic heterocycles. The lowest BCUT2D eigenvalue weighted by Gasteiger charge is -2.26. The van der Waals surface area contributed by atoms with Crippen molar-refractivity contribution < 1.29 is 27.1 Å². The van der Waals surface area contributed by atoms with Crippen molar-refractivity contribution in [1.29, 1.82) is 0 Å². The van der Waals surface area contributed by atoms with Crippen LogP contribution in [-0.4, -0.2) is 29.0 Å². The molecule has 0 bridgehead atoms. The van der Waals surface area contributed by atoms with Crippen LogP contribution in [0.1, 0.15) is 29.5 Å². The van der Waals surface area contributed by atoms with Gasteiger partial charge in [-0.15, -0.1) is 0 Å². The van der Waals surface area contributed by atoms with Gasteiger partial charge in [-0.1, -0.05) is 18.2 Å². The Bertz CT molecular complexity index is 901. The number of rotatable bonds is 4. The van der Waals surface area contributed by atoms with E-state index in [0.717, 1.165) is 4.68 Å². The van der Waals surface area contributed by atoms with Crippen LogP contribution in [0.4, 0.5) is 17.6 Å². The summed E-state index contributed by atoms with van der Waals surface area (Å²) in [7, 11) is 1.26. The number of esters is 1. The first kappa shape index (κ1) is 19.1. The second kappa shape index (κ2) is 6.83. The standard InChI is InChI=1S/C19H18F4N2O2/c1-12-15(4-3-5-16(12)20)18(17(26)27-2)7-6-13(8-18)14-9-24-25(10-14)11-19(21,22)23/h3-5,8-10H,6-7,11H2,1-2H3. The van der Waals surface area contributed by atoms with E-state index >= 15 is 0 Å². The first-order chi connectivity index (χ1) is 12.7. The number of nitrogens with zero attached hydrogens (tertiary/aromatic N) is 2. The number of halogens is 4. The molecule has 1 heterocycles. The number of methoxy groups -OCH3 is 1. The molecule has 27 heavy (non-hydrogen) atoms. The van der Waals surface area contributed by atoms with Crippen LogP contribution in [0.2, 0.25) is 0 Å². The second-order valence-corrected chi connectivity index (χ2v) is 6.59. The van der Waals surface area contributed by atoms with Crippen molar-refractivity contribution >= 4 is 11.5 Å². The number of carbonyl (C=O) groups is 1. The van der Waals surface area contributed by atoms with Crippen LogP contribution in [0.5, 0.6) is 0 Å². The third-order valence-corrected chi connectivity index (χ3v) is 4.85. The van der Waals surface area contributed by atoms with Gasteiger partial charge in [0.1, 0.15) is 17.8 Å². The highest BCUT2D eigenvalue weighted by molar-refractivity contribution is 5.91. The zero-order chi connectivity index (χ0) is 19.8. The van der Waals surface area contributed by atoms with Crippen molar-refractivity contribution in [1.82, 2.24) is 9.78 Å². The van der Waals surface area contributed by atoms with Gasteiger partial charge in [-0.25, -0.2) is 4.39 Å². The van der Waals surface area contributed by atoms with E-state index in [-0.39, 0.29) is 0 Å². The quantitative estimate of drug-likeness (QED) is 0.589. The van der Waals surface area contributed by atoms with E-state index in [2.05, 4.69) is 5.10 Å². The number of hydrogen-bond acceptors (Lipinski definition) is 3. The van der Waals surface area contributed by atoms with Crippen LogP contribution in [0.3, 0.4) is 0 Å². The summed E-state index contributed by atoms with van der Waals surface area (Å²) >= 11 is 0. The van der Waals surface area contributed by atoms with Gasteiger partial charge >= 0.3 is 12.1 Å². The SMILES string of the molecule is COC(=O)C1(c2cccc(F)c2C)C=C(c2cnn(CC(F)(F)F)c2)CC1. The van der Waals surface area contributed by atoms with Gasteiger partial charge < -0.3 is 4.74 Å². The molecule has 1 aliphatic rings. The number of hydrogen-bond donors (Lipinski definition) is 0. The molecule has 1 aromatic carbocycles. The molecule has 1 unspecified atom stereocenters. The van der Waals surface area contributed by atoms with Gasteiger partial charge in [-0.3, -0.25) is 9.48 Å². The molecular weight excluding hydrogens is 364 g/mol. The first-order valence-electron chi connectivity index (χ1n) is 8.31. The highest BCUT2D eigenvalue weighted by Gasteiger charge is 2.44. The Balaban J connectivity index is 2.02. The van der Waals surface area contributed by atoms with Crippen molar-refractivity contribution in [2.75, 3.05) is 7.11 Å². The van der Waals surface area contributed by atoms with Crippen molar-refractivity contribution in [3.8, 4) is 0 Å². The minimum atomic E-state index is -4.37. The van der Waals surface area contributed by atoms with Crippen LogP contribution < -0.4 is 0 Å². The normalized spacial score (nSPS) is 19.9. The summed E-state index contributed by atoms with van der Waals surface area (Å²) in [4.78, 5) is 12.6. The minimum absolute atomic E-state index is 0.337. The molecule has 1 atom stereocenters. The van der Waals surface area contributed by atoms with E-state index in [1.807, 2.05) is 0 Å². The van der Waals surface area contributed by atoms with Crippen molar-refractivity contribution in [3.05, 3.63) is 59.2 Å². The Morgan fingerprint density at radius 2 is 2.11 bits per heavy atom. The second-order valence-electron chi connectivity index (χ2n) is 6.59. The minimum Gasteiger partial charge on any atom is -0.468 e. The summed E-state index contributed by atoms with van der Waals surface area (Å²) in [6, 6.07) is 4.50. The smallest absolute Gasteiger partial charge is 0.408 e. The van der Waals surface area contributed by atoms with E-state index < -0.39 is 29.9 Å². The largest absolute Gasteiger partial charge is 0.468 e. The number of carbonyl (C=O) groups excluding carboxylic acids is 1. The average molecular weight is 382 g/mol. The average Bonchev–Trinajstić information content (AvgIpc) is 3.23. The van der Waals surface area contributed by atoms with E-state index in [4.69, 9.17) is 4.74 Å².